The lowest BCUT2D eigenvalue weighted by atomic mass is 9.97. The van der Waals surface area contributed by atoms with E-state index >= 15 is 0 Å². The van der Waals surface area contributed by atoms with Gasteiger partial charge < -0.3 is 15.8 Å². The van der Waals surface area contributed by atoms with Crippen LogP contribution in [0.3, 0.4) is 0 Å². The van der Waals surface area contributed by atoms with Crippen molar-refractivity contribution in [1.29, 1.82) is 0 Å². The molecule has 1 aliphatic heterocycles. The normalized spacial score (nSPS) is 17.3. The lowest BCUT2D eigenvalue weighted by Gasteiger charge is -2.32. The van der Waals surface area contributed by atoms with Crippen LogP contribution in [-0.2, 0) is 4.79 Å². The number of methoxy groups -OCH3 is 1. The van der Waals surface area contributed by atoms with Crippen molar-refractivity contribution in [2.45, 2.75) is 19.4 Å². The Balaban J connectivity index is 2.33. The first-order chi connectivity index (χ1) is 12.9. The van der Waals surface area contributed by atoms with Gasteiger partial charge in [0.15, 0.2) is 5.78 Å². The van der Waals surface area contributed by atoms with Crippen molar-refractivity contribution >= 4 is 33.4 Å². The van der Waals surface area contributed by atoms with E-state index in [9.17, 15) is 9.59 Å². The summed E-state index contributed by atoms with van der Waals surface area (Å²) in [7, 11) is 1.57. The van der Waals surface area contributed by atoms with Crippen LogP contribution in [0.4, 0.5) is 10.5 Å². The molecule has 0 saturated heterocycles. The molecule has 1 unspecified atom stereocenters. The number of halogens is 1. The summed E-state index contributed by atoms with van der Waals surface area (Å²) in [5, 5.41) is 2.86. The van der Waals surface area contributed by atoms with Gasteiger partial charge in [-0.25, -0.2) is 4.79 Å². The fourth-order valence-electron chi connectivity index (χ4n) is 2.74. The Bertz CT molecular complexity index is 843. The maximum Gasteiger partial charge on any atom is 0.326 e. The molecule has 1 aliphatic rings. The van der Waals surface area contributed by atoms with E-state index in [1.54, 1.807) is 31.4 Å². The number of amides is 2. The highest BCUT2D eigenvalue weighted by atomic mass is 79.9. The second-order valence-electron chi connectivity index (χ2n) is 5.90. The molecule has 0 saturated carbocycles. The molecule has 0 bridgehead atoms. The summed E-state index contributed by atoms with van der Waals surface area (Å²) in [5.41, 5.74) is 7.61. The number of ketones is 1. The number of nitrogens with two attached hydrogens (primary N) is 1. The van der Waals surface area contributed by atoms with Gasteiger partial charge in [-0.05, 0) is 58.4 Å². The lowest BCUT2D eigenvalue weighted by molar-refractivity contribution is -0.115. The van der Waals surface area contributed by atoms with Crippen molar-refractivity contribution in [1.82, 2.24) is 4.90 Å². The van der Waals surface area contributed by atoms with Crippen molar-refractivity contribution in [3.63, 3.8) is 0 Å². The summed E-state index contributed by atoms with van der Waals surface area (Å²) in [4.78, 5) is 26.3. The molecule has 2 amide bonds. The summed E-state index contributed by atoms with van der Waals surface area (Å²) in [5.74, 6) is 0.598. The van der Waals surface area contributed by atoms with E-state index in [0.29, 0.717) is 17.0 Å². The smallest absolute Gasteiger partial charge is 0.326 e. The third-order valence-electron chi connectivity index (χ3n) is 4.13. The molecule has 27 heavy (non-hydrogen) atoms. The molecule has 3 N–H and O–H groups in total. The average molecular weight is 432 g/mol. The van der Waals surface area contributed by atoms with E-state index in [4.69, 9.17) is 10.5 Å². The molecule has 1 aromatic carbocycles. The quantitative estimate of drug-likeness (QED) is 0.688. The average Bonchev–Trinajstić information content (AvgIpc) is 2.64. The van der Waals surface area contributed by atoms with Gasteiger partial charge in [-0.15, -0.1) is 0 Å². The first kappa shape index (κ1) is 20.5. The van der Waals surface area contributed by atoms with E-state index in [-0.39, 0.29) is 18.2 Å². The van der Waals surface area contributed by atoms with Crippen LogP contribution in [0.5, 0.6) is 5.75 Å². The van der Waals surface area contributed by atoms with Gasteiger partial charge in [-0.3, -0.25) is 9.69 Å². The summed E-state index contributed by atoms with van der Waals surface area (Å²) in [6, 6.07) is 2.76. The van der Waals surface area contributed by atoms with Gasteiger partial charge >= 0.3 is 6.03 Å². The molecule has 142 valence electrons. The number of nitrogens with zero attached hydrogens (tertiary/aromatic N) is 1. The number of anilines is 1. The number of allylic oxidation sites excluding steroid dienone is 3. The number of ether oxygens (including phenoxy) is 1. The molecule has 1 aromatic rings. The number of aryl methyl sites for hydroxylation is 1. The predicted molar refractivity (Wildman–Crippen MR) is 110 cm³/mol. The third kappa shape index (κ3) is 4.89. The monoisotopic (exact) mass is 431 g/mol. The SMILES string of the molecule is C=C/C(=C\C=C/N)C1CC(=O)C=CN1C(=O)Nc1cc(OC)c(C)cc1Br. The summed E-state index contributed by atoms with van der Waals surface area (Å²) >= 11 is 3.45. The summed E-state index contributed by atoms with van der Waals surface area (Å²) in [6.07, 6.45) is 9.40. The van der Waals surface area contributed by atoms with Crippen molar-refractivity contribution < 1.29 is 14.3 Å². The standard InChI is InChI=1S/C20H22BrN3O3/c1-4-14(6-5-8-22)18-11-15(25)7-9-24(18)20(26)23-17-12-19(27-3)13(2)10-16(17)21/h4-10,12,18H,1,11,22H2,2-3H3,(H,23,26)/b8-5-,14-6+. The molecular weight excluding hydrogens is 410 g/mol. The van der Waals surface area contributed by atoms with Gasteiger partial charge in [0, 0.05) is 23.2 Å². The minimum absolute atomic E-state index is 0.0632. The highest BCUT2D eigenvalue weighted by molar-refractivity contribution is 9.10. The van der Waals surface area contributed by atoms with Crippen LogP contribution in [0.1, 0.15) is 12.0 Å². The lowest BCUT2D eigenvalue weighted by Crippen LogP contribution is -2.43. The molecule has 0 aliphatic carbocycles. The number of hydrogen-bond acceptors (Lipinski definition) is 4. The van der Waals surface area contributed by atoms with Crippen LogP contribution in [-0.4, -0.2) is 29.9 Å². The molecule has 1 heterocycles. The van der Waals surface area contributed by atoms with Crippen LogP contribution < -0.4 is 15.8 Å². The summed E-state index contributed by atoms with van der Waals surface area (Å²) < 4.78 is 6.05. The topological polar surface area (TPSA) is 84.7 Å². The number of rotatable bonds is 5. The van der Waals surface area contributed by atoms with Crippen LogP contribution in [0.2, 0.25) is 0 Å². The number of nitrogens with one attached hydrogen (secondary N) is 1. The zero-order chi connectivity index (χ0) is 20.0. The Hall–Kier alpha value is -2.80. The summed E-state index contributed by atoms with van der Waals surface area (Å²) in [6.45, 7) is 5.69. The molecule has 7 heteroatoms. The fraction of sp³-hybridized carbons (Fsp3) is 0.200. The highest BCUT2D eigenvalue weighted by Crippen LogP contribution is 2.31. The molecule has 6 nitrogen and oxygen atoms in total. The van der Waals surface area contributed by atoms with Gasteiger partial charge in [0.25, 0.3) is 0 Å². The van der Waals surface area contributed by atoms with Crippen LogP contribution in [0.25, 0.3) is 0 Å². The first-order valence-electron chi connectivity index (χ1n) is 8.26. The van der Waals surface area contributed by atoms with Crippen LogP contribution >= 0.6 is 15.9 Å². The Labute approximate surface area is 167 Å². The van der Waals surface area contributed by atoms with E-state index in [1.807, 2.05) is 13.0 Å². The second kappa shape index (κ2) is 9.23. The number of carbonyl (C=O) groups excluding carboxylic acids is 2. The van der Waals surface area contributed by atoms with Crippen molar-refractivity contribution in [2.24, 2.45) is 5.73 Å². The van der Waals surface area contributed by atoms with Gasteiger partial charge in [0.1, 0.15) is 5.75 Å². The minimum atomic E-state index is -0.470. The van der Waals surface area contributed by atoms with E-state index in [1.165, 1.54) is 23.4 Å². The predicted octanol–water partition coefficient (Wildman–Crippen LogP) is 4.04. The molecule has 1 atom stereocenters. The maximum absolute atomic E-state index is 12.9. The molecule has 0 spiro atoms. The molecule has 0 aromatic heterocycles. The Morgan fingerprint density at radius 1 is 1.48 bits per heavy atom. The zero-order valence-corrected chi connectivity index (χ0v) is 16.8. The van der Waals surface area contributed by atoms with Crippen molar-refractivity contribution in [2.75, 3.05) is 12.4 Å². The van der Waals surface area contributed by atoms with E-state index in [0.717, 1.165) is 10.0 Å². The van der Waals surface area contributed by atoms with E-state index < -0.39 is 6.04 Å². The highest BCUT2D eigenvalue weighted by Gasteiger charge is 2.29. The van der Waals surface area contributed by atoms with Crippen LogP contribution in [0, 0.1) is 6.92 Å². The number of urea groups is 1. The van der Waals surface area contributed by atoms with Crippen LogP contribution in [0.15, 0.2) is 65.5 Å². The van der Waals surface area contributed by atoms with Gasteiger partial charge in [-0.1, -0.05) is 18.7 Å². The third-order valence-corrected chi connectivity index (χ3v) is 4.79. The number of carbonyl (C=O) groups is 2. The maximum atomic E-state index is 12.9. The number of hydrogen-bond donors (Lipinski definition) is 2. The molecule has 0 fully saturated rings. The first-order valence-corrected chi connectivity index (χ1v) is 9.06. The zero-order valence-electron chi connectivity index (χ0n) is 15.2. The Morgan fingerprint density at radius 2 is 2.22 bits per heavy atom. The molecular formula is C20H22BrN3O3. The molecule has 2 rings (SSSR count). The van der Waals surface area contributed by atoms with Gasteiger partial charge in [-0.2, -0.15) is 0 Å². The van der Waals surface area contributed by atoms with Crippen molar-refractivity contribution in [3.05, 3.63) is 71.0 Å². The van der Waals surface area contributed by atoms with Crippen molar-refractivity contribution in [3.8, 4) is 5.75 Å². The Morgan fingerprint density at radius 3 is 2.85 bits per heavy atom. The second-order valence-corrected chi connectivity index (χ2v) is 6.75. The van der Waals surface area contributed by atoms with E-state index in [2.05, 4.69) is 27.8 Å². The van der Waals surface area contributed by atoms with Gasteiger partial charge in [0.2, 0.25) is 0 Å². The molecule has 0 radical (unpaired) electrons. The fourth-order valence-corrected chi connectivity index (χ4v) is 3.30. The Kier molecular flexibility index (Phi) is 7.01. The minimum Gasteiger partial charge on any atom is -0.496 e. The number of benzene rings is 1. The largest absolute Gasteiger partial charge is 0.496 e. The van der Waals surface area contributed by atoms with Gasteiger partial charge in [0.05, 0.1) is 18.8 Å².